The number of carbonyl (C=O) groups excluding carboxylic acids is 2. The van der Waals surface area contributed by atoms with Crippen LogP contribution >= 0.6 is 0 Å². The third-order valence-electron chi connectivity index (χ3n) is 5.14. The van der Waals surface area contributed by atoms with Gasteiger partial charge >= 0.3 is 5.97 Å². The van der Waals surface area contributed by atoms with E-state index in [1.807, 2.05) is 30.3 Å². The highest BCUT2D eigenvalue weighted by atomic mass is 16.5. The summed E-state index contributed by atoms with van der Waals surface area (Å²) in [5.74, 6) is -0.643. The van der Waals surface area contributed by atoms with Crippen molar-refractivity contribution in [2.24, 2.45) is 16.7 Å². The minimum Gasteiger partial charge on any atom is -0.467 e. The van der Waals surface area contributed by atoms with Crippen molar-refractivity contribution in [1.29, 1.82) is 0 Å². The van der Waals surface area contributed by atoms with E-state index in [9.17, 15) is 9.59 Å². The third kappa shape index (κ3) is 2.55. The number of rotatable bonds is 4. The fourth-order valence-corrected chi connectivity index (χ4v) is 3.12. The van der Waals surface area contributed by atoms with E-state index in [2.05, 4.69) is 33.0 Å². The molecular formula is C17H23NO3. The Hall–Kier alpha value is -1.84. The largest absolute Gasteiger partial charge is 0.467 e. The SMILES string of the molecule is COC(=O)C(NC(=O)C1C(C)(C)C1(C)C)c1ccccc1. The standard InChI is InChI=1S/C17H23NO3/c1-16(2)13(17(16,3)4)14(19)18-12(15(20)21-5)11-9-7-6-8-10-11/h6-10,12-13H,1-5H3,(H,18,19). The second kappa shape index (κ2) is 5.17. The van der Waals surface area contributed by atoms with Crippen LogP contribution in [0.5, 0.6) is 0 Å². The van der Waals surface area contributed by atoms with Crippen molar-refractivity contribution >= 4 is 11.9 Å². The van der Waals surface area contributed by atoms with Crippen LogP contribution in [-0.4, -0.2) is 19.0 Å². The van der Waals surface area contributed by atoms with Gasteiger partial charge in [-0.2, -0.15) is 0 Å². The van der Waals surface area contributed by atoms with Crippen LogP contribution in [0.3, 0.4) is 0 Å². The molecule has 1 atom stereocenters. The molecule has 1 fully saturated rings. The van der Waals surface area contributed by atoms with E-state index in [0.29, 0.717) is 0 Å². The smallest absolute Gasteiger partial charge is 0.333 e. The molecule has 1 unspecified atom stereocenters. The van der Waals surface area contributed by atoms with Gasteiger partial charge in [0, 0.05) is 5.92 Å². The van der Waals surface area contributed by atoms with E-state index < -0.39 is 12.0 Å². The fraction of sp³-hybridized carbons (Fsp3) is 0.529. The maximum Gasteiger partial charge on any atom is 0.333 e. The van der Waals surface area contributed by atoms with Crippen molar-refractivity contribution in [2.75, 3.05) is 7.11 Å². The van der Waals surface area contributed by atoms with Gasteiger partial charge in [0.1, 0.15) is 0 Å². The topological polar surface area (TPSA) is 55.4 Å². The van der Waals surface area contributed by atoms with Gasteiger partial charge in [-0.15, -0.1) is 0 Å². The predicted octanol–water partition coefficient (Wildman–Crippen LogP) is 2.70. The van der Waals surface area contributed by atoms with Gasteiger partial charge in [-0.3, -0.25) is 4.79 Å². The molecule has 0 aliphatic heterocycles. The van der Waals surface area contributed by atoms with Crippen LogP contribution in [0.15, 0.2) is 30.3 Å². The summed E-state index contributed by atoms with van der Waals surface area (Å²) in [6.07, 6.45) is 0. The summed E-state index contributed by atoms with van der Waals surface area (Å²) in [7, 11) is 1.33. The zero-order valence-electron chi connectivity index (χ0n) is 13.3. The number of amides is 1. The fourth-order valence-electron chi connectivity index (χ4n) is 3.12. The van der Waals surface area contributed by atoms with Crippen LogP contribution in [0.25, 0.3) is 0 Å². The van der Waals surface area contributed by atoms with Crippen LogP contribution in [0.4, 0.5) is 0 Å². The van der Waals surface area contributed by atoms with Crippen molar-refractivity contribution < 1.29 is 14.3 Å². The molecule has 1 aliphatic rings. The first-order valence-corrected chi connectivity index (χ1v) is 7.16. The van der Waals surface area contributed by atoms with Crippen LogP contribution in [0.2, 0.25) is 0 Å². The Morgan fingerprint density at radius 1 is 1.10 bits per heavy atom. The summed E-state index contributed by atoms with van der Waals surface area (Å²) >= 11 is 0. The molecule has 1 N–H and O–H groups in total. The quantitative estimate of drug-likeness (QED) is 0.867. The Kier molecular flexibility index (Phi) is 3.83. The zero-order valence-corrected chi connectivity index (χ0v) is 13.3. The highest BCUT2D eigenvalue weighted by molar-refractivity contribution is 5.89. The highest BCUT2D eigenvalue weighted by Gasteiger charge is 2.68. The summed E-state index contributed by atoms with van der Waals surface area (Å²) in [6.45, 7) is 8.31. The molecule has 1 aromatic carbocycles. The number of hydrogen-bond acceptors (Lipinski definition) is 3. The molecule has 0 saturated heterocycles. The number of ether oxygens (including phenoxy) is 1. The lowest BCUT2D eigenvalue weighted by Crippen LogP contribution is -2.36. The summed E-state index contributed by atoms with van der Waals surface area (Å²) in [6, 6.07) is 8.41. The zero-order chi connectivity index (χ0) is 15.8. The molecule has 1 aromatic rings. The molecular weight excluding hydrogens is 266 g/mol. The first kappa shape index (κ1) is 15.5. The third-order valence-corrected chi connectivity index (χ3v) is 5.14. The van der Waals surface area contributed by atoms with E-state index in [1.54, 1.807) is 0 Å². The lowest BCUT2D eigenvalue weighted by molar-refractivity contribution is -0.145. The van der Waals surface area contributed by atoms with Gasteiger partial charge in [-0.1, -0.05) is 58.0 Å². The van der Waals surface area contributed by atoms with E-state index in [1.165, 1.54) is 7.11 Å². The Balaban J connectivity index is 2.18. The number of methoxy groups -OCH3 is 1. The van der Waals surface area contributed by atoms with E-state index in [-0.39, 0.29) is 22.7 Å². The summed E-state index contributed by atoms with van der Waals surface area (Å²) in [5.41, 5.74) is 0.608. The second-order valence-electron chi connectivity index (χ2n) is 6.75. The lowest BCUT2D eigenvalue weighted by atomic mass is 10.0. The van der Waals surface area contributed by atoms with Crippen molar-refractivity contribution in [3.05, 3.63) is 35.9 Å². The number of benzene rings is 1. The van der Waals surface area contributed by atoms with Gasteiger partial charge in [0.15, 0.2) is 6.04 Å². The normalized spacial score (nSPS) is 20.4. The van der Waals surface area contributed by atoms with Crippen LogP contribution in [-0.2, 0) is 14.3 Å². The average Bonchev–Trinajstić information content (AvgIpc) is 2.86. The van der Waals surface area contributed by atoms with Gasteiger partial charge < -0.3 is 10.1 Å². The lowest BCUT2D eigenvalue weighted by Gasteiger charge is -2.17. The molecule has 114 valence electrons. The predicted molar refractivity (Wildman–Crippen MR) is 80.4 cm³/mol. The maximum atomic E-state index is 12.5. The van der Waals surface area contributed by atoms with Crippen LogP contribution in [0, 0.1) is 16.7 Å². The molecule has 1 amide bonds. The first-order chi connectivity index (χ1) is 9.73. The number of nitrogens with one attached hydrogen (secondary N) is 1. The van der Waals surface area contributed by atoms with Crippen LogP contribution < -0.4 is 5.32 Å². The van der Waals surface area contributed by atoms with Crippen molar-refractivity contribution in [1.82, 2.24) is 5.32 Å². The molecule has 0 heterocycles. The average molecular weight is 289 g/mol. The Morgan fingerprint density at radius 2 is 1.62 bits per heavy atom. The molecule has 1 saturated carbocycles. The molecule has 0 aromatic heterocycles. The Morgan fingerprint density at radius 3 is 2.05 bits per heavy atom. The van der Waals surface area contributed by atoms with Crippen molar-refractivity contribution in [2.45, 2.75) is 33.7 Å². The minimum atomic E-state index is -0.754. The first-order valence-electron chi connectivity index (χ1n) is 7.16. The van der Waals surface area contributed by atoms with E-state index in [4.69, 9.17) is 4.74 Å². The molecule has 0 spiro atoms. The monoisotopic (exact) mass is 289 g/mol. The number of hydrogen-bond donors (Lipinski definition) is 1. The highest BCUT2D eigenvalue weighted by Crippen LogP contribution is 2.68. The Labute approximate surface area is 125 Å². The van der Waals surface area contributed by atoms with Crippen molar-refractivity contribution in [3.63, 3.8) is 0 Å². The number of carbonyl (C=O) groups is 2. The van der Waals surface area contributed by atoms with Gasteiger partial charge in [-0.05, 0) is 16.4 Å². The summed E-state index contributed by atoms with van der Waals surface area (Å²) in [5, 5.41) is 2.84. The molecule has 1 aliphatic carbocycles. The maximum absolute atomic E-state index is 12.5. The van der Waals surface area contributed by atoms with Gasteiger partial charge in [0.2, 0.25) is 5.91 Å². The summed E-state index contributed by atoms with van der Waals surface area (Å²) in [4.78, 5) is 24.5. The molecule has 21 heavy (non-hydrogen) atoms. The van der Waals surface area contributed by atoms with Gasteiger partial charge in [0.05, 0.1) is 7.11 Å². The van der Waals surface area contributed by atoms with E-state index >= 15 is 0 Å². The molecule has 4 heteroatoms. The van der Waals surface area contributed by atoms with Gasteiger partial charge in [-0.25, -0.2) is 4.79 Å². The van der Waals surface area contributed by atoms with Gasteiger partial charge in [0.25, 0.3) is 0 Å². The Bertz CT molecular complexity index is 534. The molecule has 0 bridgehead atoms. The number of esters is 1. The second-order valence-corrected chi connectivity index (χ2v) is 6.75. The molecule has 2 rings (SSSR count). The van der Waals surface area contributed by atoms with Crippen molar-refractivity contribution in [3.8, 4) is 0 Å². The van der Waals surface area contributed by atoms with E-state index in [0.717, 1.165) is 5.56 Å². The minimum absolute atomic E-state index is 0.0611. The molecule has 4 nitrogen and oxygen atoms in total. The summed E-state index contributed by atoms with van der Waals surface area (Å²) < 4.78 is 4.82. The van der Waals surface area contributed by atoms with Crippen LogP contribution in [0.1, 0.15) is 39.3 Å². The molecule has 0 radical (unpaired) electrons.